The monoisotopic (exact) mass is 417 g/mol. The number of benzene rings is 3. The van der Waals surface area contributed by atoms with Crippen LogP contribution in [0.15, 0.2) is 70.5 Å². The van der Waals surface area contributed by atoms with Gasteiger partial charge in [-0.25, -0.2) is 0 Å². The molecule has 27 heavy (non-hydrogen) atoms. The van der Waals surface area contributed by atoms with Gasteiger partial charge in [0.05, 0.1) is 15.6 Å². The molecule has 138 valence electrons. The molecule has 3 rings (SSSR count). The molecule has 0 aliphatic rings. The van der Waals surface area contributed by atoms with E-state index in [9.17, 15) is 9.90 Å². The van der Waals surface area contributed by atoms with Crippen molar-refractivity contribution in [3.05, 3.63) is 81.8 Å². The maximum absolute atomic E-state index is 11.7. The first-order valence-electron chi connectivity index (χ1n) is 8.23. The third-order valence-corrected chi connectivity index (χ3v) is 5.88. The summed E-state index contributed by atoms with van der Waals surface area (Å²) in [6.45, 7) is 1.93. The van der Waals surface area contributed by atoms with Crippen LogP contribution in [-0.2, 0) is 6.54 Å². The quantitative estimate of drug-likeness (QED) is 0.347. The normalized spacial score (nSPS) is 10.6. The number of ketones is 1. The van der Waals surface area contributed by atoms with Crippen molar-refractivity contribution in [1.29, 1.82) is 0 Å². The first-order chi connectivity index (χ1) is 13.0. The van der Waals surface area contributed by atoms with E-state index in [1.807, 2.05) is 48.5 Å². The van der Waals surface area contributed by atoms with Gasteiger partial charge in [-0.1, -0.05) is 65.3 Å². The lowest BCUT2D eigenvalue weighted by Gasteiger charge is -2.13. The van der Waals surface area contributed by atoms with Gasteiger partial charge >= 0.3 is 0 Å². The largest absolute Gasteiger partial charge is 0.506 e. The number of rotatable bonds is 6. The molecule has 0 spiro atoms. The lowest BCUT2D eigenvalue weighted by molar-refractivity contribution is 0.101. The van der Waals surface area contributed by atoms with Crippen LogP contribution in [0.3, 0.4) is 0 Å². The number of aromatic hydroxyl groups is 1. The Balaban J connectivity index is 1.82. The molecule has 3 aromatic carbocycles. The van der Waals surface area contributed by atoms with Crippen LogP contribution in [0.5, 0.6) is 5.75 Å². The average molecular weight is 418 g/mol. The van der Waals surface area contributed by atoms with Crippen molar-refractivity contribution in [2.75, 3.05) is 5.32 Å². The Kier molecular flexibility index (Phi) is 6.32. The van der Waals surface area contributed by atoms with Gasteiger partial charge in [-0.15, -0.1) is 0 Å². The van der Waals surface area contributed by atoms with Gasteiger partial charge in [0, 0.05) is 22.0 Å². The molecule has 0 aliphatic carbocycles. The summed E-state index contributed by atoms with van der Waals surface area (Å²) in [6.07, 6.45) is 0. The van der Waals surface area contributed by atoms with E-state index in [0.717, 1.165) is 15.4 Å². The van der Waals surface area contributed by atoms with Gasteiger partial charge in [-0.3, -0.25) is 4.79 Å². The maximum Gasteiger partial charge on any atom is 0.163 e. The van der Waals surface area contributed by atoms with Crippen LogP contribution in [0.1, 0.15) is 22.8 Å². The zero-order chi connectivity index (χ0) is 19.4. The summed E-state index contributed by atoms with van der Waals surface area (Å²) in [5, 5.41) is 14.0. The number of carbonyl (C=O) groups is 1. The highest BCUT2D eigenvalue weighted by Gasteiger charge is 2.13. The highest BCUT2D eigenvalue weighted by Crippen LogP contribution is 2.36. The molecule has 3 nitrogen and oxygen atoms in total. The molecule has 6 heteroatoms. The maximum atomic E-state index is 11.7. The second-order valence-electron chi connectivity index (χ2n) is 5.90. The Bertz CT molecular complexity index is 992. The van der Waals surface area contributed by atoms with Gasteiger partial charge in [0.1, 0.15) is 5.75 Å². The summed E-state index contributed by atoms with van der Waals surface area (Å²) in [6, 6.07) is 18.9. The number of nitrogens with one attached hydrogen (secondary N) is 1. The van der Waals surface area contributed by atoms with E-state index >= 15 is 0 Å². The van der Waals surface area contributed by atoms with E-state index < -0.39 is 0 Å². The van der Waals surface area contributed by atoms with Gasteiger partial charge in [0.2, 0.25) is 0 Å². The van der Waals surface area contributed by atoms with Crippen LogP contribution in [0.4, 0.5) is 5.69 Å². The third-order valence-electron chi connectivity index (χ3n) is 3.95. The van der Waals surface area contributed by atoms with Crippen molar-refractivity contribution < 1.29 is 9.90 Å². The Hall–Kier alpha value is -2.14. The van der Waals surface area contributed by atoms with Crippen LogP contribution < -0.4 is 5.32 Å². The number of phenols is 1. The number of hydrogen-bond acceptors (Lipinski definition) is 4. The second-order valence-corrected chi connectivity index (χ2v) is 7.80. The van der Waals surface area contributed by atoms with Gasteiger partial charge in [0.15, 0.2) is 5.78 Å². The number of carbonyl (C=O) groups excluding carboxylic acids is 1. The molecule has 0 saturated heterocycles. The van der Waals surface area contributed by atoms with Crippen LogP contribution >= 0.6 is 35.0 Å². The molecule has 0 aromatic heterocycles. The van der Waals surface area contributed by atoms with Gasteiger partial charge in [0.25, 0.3) is 0 Å². The van der Waals surface area contributed by atoms with Crippen molar-refractivity contribution in [2.24, 2.45) is 0 Å². The summed E-state index contributed by atoms with van der Waals surface area (Å²) >= 11 is 13.9. The topological polar surface area (TPSA) is 49.3 Å². The summed E-state index contributed by atoms with van der Waals surface area (Å²) in [5.74, 6) is -0.433. The molecule has 0 amide bonds. The Labute approximate surface area is 172 Å². The summed E-state index contributed by atoms with van der Waals surface area (Å²) in [7, 11) is 0. The Morgan fingerprint density at radius 1 is 1.00 bits per heavy atom. The van der Waals surface area contributed by atoms with Gasteiger partial charge < -0.3 is 10.4 Å². The minimum absolute atomic E-state index is 0.143. The van der Waals surface area contributed by atoms with Crippen LogP contribution in [0.25, 0.3) is 0 Å². The summed E-state index contributed by atoms with van der Waals surface area (Å²) in [4.78, 5) is 13.7. The van der Waals surface area contributed by atoms with Crippen molar-refractivity contribution in [2.45, 2.75) is 23.3 Å². The number of hydrogen-bond donors (Lipinski definition) is 2. The predicted octanol–water partition coefficient (Wildman–Crippen LogP) is 6.66. The Morgan fingerprint density at radius 2 is 1.67 bits per heavy atom. The minimum atomic E-state index is -0.243. The number of phenolic OH excluding ortho intramolecular Hbond substituents is 1. The smallest absolute Gasteiger partial charge is 0.163 e. The van der Waals surface area contributed by atoms with E-state index in [1.54, 1.807) is 23.9 Å². The predicted molar refractivity (Wildman–Crippen MR) is 112 cm³/mol. The Morgan fingerprint density at radius 3 is 2.37 bits per heavy atom. The molecular weight excluding hydrogens is 401 g/mol. The van der Waals surface area contributed by atoms with Crippen molar-refractivity contribution >= 4 is 46.4 Å². The zero-order valence-electron chi connectivity index (χ0n) is 14.5. The average Bonchev–Trinajstić information content (AvgIpc) is 2.65. The fraction of sp³-hybridized carbons (Fsp3) is 0.0952. The van der Waals surface area contributed by atoms with Crippen molar-refractivity contribution in [3.63, 3.8) is 0 Å². The van der Waals surface area contributed by atoms with E-state index in [1.165, 1.54) is 6.92 Å². The molecule has 0 bridgehead atoms. The second kappa shape index (κ2) is 8.70. The molecule has 0 unspecified atom stereocenters. The number of anilines is 1. The SMILES string of the molecule is CC(=O)c1cc(NCc2ccccc2Sc2ccccc2Cl)cc(Cl)c1O. The van der Waals surface area contributed by atoms with Crippen LogP contribution in [0, 0.1) is 0 Å². The fourth-order valence-electron chi connectivity index (χ4n) is 2.56. The standard InChI is InChI=1S/C21H17Cl2NO2S/c1-13(25)16-10-15(11-18(23)21(16)26)24-12-14-6-2-4-8-19(14)27-20-9-5-3-7-17(20)22/h2-11,24,26H,12H2,1H3. The lowest BCUT2D eigenvalue weighted by atomic mass is 10.1. The minimum Gasteiger partial charge on any atom is -0.506 e. The third kappa shape index (κ3) is 4.78. The first-order valence-corrected chi connectivity index (χ1v) is 9.80. The number of halogens is 2. The fourth-order valence-corrected chi connectivity index (χ4v) is 4.00. The van der Waals surface area contributed by atoms with Crippen molar-refractivity contribution in [1.82, 2.24) is 0 Å². The highest BCUT2D eigenvalue weighted by molar-refractivity contribution is 7.99. The summed E-state index contributed by atoms with van der Waals surface area (Å²) in [5.41, 5.74) is 1.94. The van der Waals surface area contributed by atoms with E-state index in [-0.39, 0.29) is 22.1 Å². The molecule has 0 saturated carbocycles. The molecule has 0 radical (unpaired) electrons. The van der Waals surface area contributed by atoms with Crippen LogP contribution in [-0.4, -0.2) is 10.9 Å². The molecule has 2 N–H and O–H groups in total. The van der Waals surface area contributed by atoms with Gasteiger partial charge in [-0.05, 0) is 42.8 Å². The molecule has 0 aliphatic heterocycles. The molecule has 0 heterocycles. The van der Waals surface area contributed by atoms with Crippen LogP contribution in [0.2, 0.25) is 10.0 Å². The highest BCUT2D eigenvalue weighted by atomic mass is 35.5. The first kappa shape index (κ1) is 19.6. The lowest BCUT2D eigenvalue weighted by Crippen LogP contribution is -2.03. The number of Topliss-reactive ketones (excluding diaryl/α,β-unsaturated/α-hetero) is 1. The van der Waals surface area contributed by atoms with E-state index in [4.69, 9.17) is 23.2 Å². The van der Waals surface area contributed by atoms with E-state index in [2.05, 4.69) is 5.32 Å². The van der Waals surface area contributed by atoms with Gasteiger partial charge in [-0.2, -0.15) is 0 Å². The zero-order valence-corrected chi connectivity index (χ0v) is 16.8. The molecule has 3 aromatic rings. The summed E-state index contributed by atoms with van der Waals surface area (Å²) < 4.78 is 0. The molecule has 0 fully saturated rings. The van der Waals surface area contributed by atoms with Crippen molar-refractivity contribution in [3.8, 4) is 5.75 Å². The molecule has 0 atom stereocenters. The molecular formula is C21H17Cl2NO2S. The van der Waals surface area contributed by atoms with E-state index in [0.29, 0.717) is 17.3 Å².